The topological polar surface area (TPSA) is 61.4 Å². The van der Waals surface area contributed by atoms with Crippen LogP contribution in [0.2, 0.25) is 0 Å². The molecule has 5 nitrogen and oxygen atoms in total. The molecule has 1 saturated heterocycles. The quantitative estimate of drug-likeness (QED) is 0.623. The molecular formula is C22H28BrN3O2S. The molecular weight excluding hydrogens is 450 g/mol. The Morgan fingerprint density at radius 3 is 2.31 bits per heavy atom. The molecule has 1 aliphatic rings. The smallest absolute Gasteiger partial charge is 0.262 e. The van der Waals surface area contributed by atoms with Crippen molar-refractivity contribution < 1.29 is 9.59 Å². The van der Waals surface area contributed by atoms with Crippen molar-refractivity contribution in [3.05, 3.63) is 56.2 Å². The van der Waals surface area contributed by atoms with Gasteiger partial charge in [0.05, 0.1) is 8.66 Å². The van der Waals surface area contributed by atoms with E-state index < -0.39 is 6.04 Å². The number of halogens is 1. The van der Waals surface area contributed by atoms with Gasteiger partial charge in [-0.1, -0.05) is 37.1 Å². The number of nitrogens with zero attached hydrogens (tertiary/aromatic N) is 1. The predicted molar refractivity (Wildman–Crippen MR) is 121 cm³/mol. The Kier molecular flexibility index (Phi) is 8.27. The monoisotopic (exact) mass is 477 g/mol. The van der Waals surface area contributed by atoms with Gasteiger partial charge in [0, 0.05) is 13.1 Å². The van der Waals surface area contributed by atoms with E-state index >= 15 is 0 Å². The first-order valence-corrected chi connectivity index (χ1v) is 11.8. The number of amides is 2. The Morgan fingerprint density at radius 2 is 1.69 bits per heavy atom. The van der Waals surface area contributed by atoms with Crippen molar-refractivity contribution >= 4 is 39.1 Å². The molecule has 3 rings (SSSR count). The first kappa shape index (κ1) is 22.0. The molecule has 0 aliphatic carbocycles. The average molecular weight is 478 g/mol. The van der Waals surface area contributed by atoms with Crippen molar-refractivity contribution in [1.82, 2.24) is 15.5 Å². The van der Waals surface area contributed by atoms with Gasteiger partial charge in [0.15, 0.2) is 0 Å². The van der Waals surface area contributed by atoms with Crippen molar-refractivity contribution in [3.8, 4) is 0 Å². The number of hydrogen-bond acceptors (Lipinski definition) is 4. The second-order valence-corrected chi connectivity index (χ2v) is 9.99. The fourth-order valence-electron chi connectivity index (χ4n) is 3.43. The van der Waals surface area contributed by atoms with Gasteiger partial charge in [-0.3, -0.25) is 14.5 Å². The van der Waals surface area contributed by atoms with Gasteiger partial charge in [0.2, 0.25) is 5.91 Å². The Bertz CT molecular complexity index is 814. The molecule has 0 unspecified atom stereocenters. The second kappa shape index (κ2) is 10.9. The third-order valence-corrected chi connectivity index (χ3v) is 6.75. The Balaban J connectivity index is 1.43. The molecule has 0 radical (unpaired) electrons. The van der Waals surface area contributed by atoms with E-state index in [-0.39, 0.29) is 11.8 Å². The summed E-state index contributed by atoms with van der Waals surface area (Å²) in [5.41, 5.74) is 2.36. The van der Waals surface area contributed by atoms with E-state index in [0.717, 1.165) is 15.9 Å². The van der Waals surface area contributed by atoms with E-state index in [9.17, 15) is 9.59 Å². The van der Waals surface area contributed by atoms with Crippen LogP contribution in [0.3, 0.4) is 0 Å². The van der Waals surface area contributed by atoms with Crippen molar-refractivity contribution in [3.63, 3.8) is 0 Å². The van der Waals surface area contributed by atoms with Crippen LogP contribution in [0.5, 0.6) is 0 Å². The van der Waals surface area contributed by atoms with Crippen LogP contribution in [0.25, 0.3) is 0 Å². The summed E-state index contributed by atoms with van der Waals surface area (Å²) < 4.78 is 0.888. The molecule has 0 bridgehead atoms. The first-order valence-electron chi connectivity index (χ1n) is 10.2. The zero-order chi connectivity index (χ0) is 20.6. The molecule has 1 aliphatic heterocycles. The van der Waals surface area contributed by atoms with Crippen molar-refractivity contribution in [2.45, 2.75) is 51.7 Å². The largest absolute Gasteiger partial charge is 0.350 e. The molecule has 0 saturated carbocycles. The van der Waals surface area contributed by atoms with Crippen molar-refractivity contribution in [2.24, 2.45) is 0 Å². The number of thiophene rings is 1. The van der Waals surface area contributed by atoms with Crippen LogP contribution in [0.1, 0.15) is 53.4 Å². The summed E-state index contributed by atoms with van der Waals surface area (Å²) in [6, 6.07) is 11.4. The normalized spacial score (nSPS) is 16.1. The standard InChI is InChI=1S/C22H28BrN3O2S/c1-16(25-22(28)19-10-11-20(23)29-19)21(27)24-14-17-6-8-18(9-7-17)15-26-12-4-2-3-5-13-26/h6-11,16H,2-5,12-15H2,1H3,(H,24,27)(H,25,28)/t16-/m0/s1. The van der Waals surface area contributed by atoms with Crippen LogP contribution in [-0.2, 0) is 17.9 Å². The summed E-state index contributed by atoms with van der Waals surface area (Å²) in [7, 11) is 0. The molecule has 0 spiro atoms. The maximum absolute atomic E-state index is 12.3. The number of likely N-dealkylation sites (tertiary alicyclic amines) is 1. The summed E-state index contributed by atoms with van der Waals surface area (Å²) in [4.78, 5) is 27.6. The van der Waals surface area contributed by atoms with E-state index in [2.05, 4.69) is 55.7 Å². The van der Waals surface area contributed by atoms with Crippen LogP contribution in [-0.4, -0.2) is 35.8 Å². The third kappa shape index (κ3) is 6.94. The highest BCUT2D eigenvalue weighted by Gasteiger charge is 2.17. The van der Waals surface area contributed by atoms with Gasteiger partial charge in [0.1, 0.15) is 6.04 Å². The Morgan fingerprint density at radius 1 is 1.03 bits per heavy atom. The Hall–Kier alpha value is -1.70. The van der Waals surface area contributed by atoms with Gasteiger partial charge in [-0.2, -0.15) is 0 Å². The maximum atomic E-state index is 12.3. The van der Waals surface area contributed by atoms with Crippen LogP contribution in [0, 0.1) is 0 Å². The Labute approximate surface area is 185 Å². The summed E-state index contributed by atoms with van der Waals surface area (Å²) in [5.74, 6) is -0.427. The second-order valence-electron chi connectivity index (χ2n) is 7.52. The minimum absolute atomic E-state index is 0.192. The highest BCUT2D eigenvalue weighted by molar-refractivity contribution is 9.11. The van der Waals surface area contributed by atoms with E-state index in [0.29, 0.717) is 11.4 Å². The molecule has 1 atom stereocenters. The first-order chi connectivity index (χ1) is 14.0. The molecule has 7 heteroatoms. The summed E-state index contributed by atoms with van der Waals surface area (Å²) in [6.07, 6.45) is 5.28. The highest BCUT2D eigenvalue weighted by Crippen LogP contribution is 2.22. The lowest BCUT2D eigenvalue weighted by molar-refractivity contribution is -0.122. The van der Waals surface area contributed by atoms with Crippen molar-refractivity contribution in [2.75, 3.05) is 13.1 Å². The summed E-state index contributed by atoms with van der Waals surface area (Å²) >= 11 is 4.68. The van der Waals surface area contributed by atoms with E-state index in [4.69, 9.17) is 0 Å². The van der Waals surface area contributed by atoms with E-state index in [1.54, 1.807) is 13.0 Å². The fourth-order valence-corrected chi connectivity index (χ4v) is 4.72. The molecule has 2 N–H and O–H groups in total. The lowest BCUT2D eigenvalue weighted by Crippen LogP contribution is -2.44. The molecule has 2 aromatic rings. The molecule has 156 valence electrons. The van der Waals surface area contributed by atoms with Gasteiger partial charge in [-0.05, 0) is 72.0 Å². The molecule has 1 fully saturated rings. The third-order valence-electron chi connectivity index (χ3n) is 5.13. The van der Waals surface area contributed by atoms with Crippen LogP contribution in [0.15, 0.2) is 40.2 Å². The van der Waals surface area contributed by atoms with Crippen LogP contribution in [0.4, 0.5) is 0 Å². The maximum Gasteiger partial charge on any atom is 0.262 e. The van der Waals surface area contributed by atoms with Crippen molar-refractivity contribution in [1.29, 1.82) is 0 Å². The average Bonchev–Trinajstić information content (AvgIpc) is 2.99. The molecule has 29 heavy (non-hydrogen) atoms. The molecule has 1 aromatic carbocycles. The minimum Gasteiger partial charge on any atom is -0.350 e. The zero-order valence-corrected chi connectivity index (χ0v) is 19.2. The number of nitrogens with one attached hydrogen (secondary N) is 2. The fraction of sp³-hybridized carbons (Fsp3) is 0.455. The number of hydrogen-bond donors (Lipinski definition) is 2. The summed E-state index contributed by atoms with van der Waals surface area (Å²) in [6.45, 7) is 5.51. The zero-order valence-electron chi connectivity index (χ0n) is 16.7. The predicted octanol–water partition coefficient (Wildman–Crippen LogP) is 4.32. The van der Waals surface area contributed by atoms with Gasteiger partial charge in [-0.15, -0.1) is 11.3 Å². The molecule has 2 heterocycles. The number of carbonyl (C=O) groups is 2. The van der Waals surface area contributed by atoms with E-state index in [1.807, 2.05) is 6.07 Å². The highest BCUT2D eigenvalue weighted by atomic mass is 79.9. The summed E-state index contributed by atoms with van der Waals surface area (Å²) in [5, 5.41) is 5.64. The molecule has 1 aromatic heterocycles. The lowest BCUT2D eigenvalue weighted by atomic mass is 10.1. The SMILES string of the molecule is C[C@H](NC(=O)c1ccc(Br)s1)C(=O)NCc1ccc(CN2CCCCCC2)cc1. The number of carbonyl (C=O) groups excluding carboxylic acids is 2. The number of rotatable bonds is 7. The minimum atomic E-state index is -0.592. The lowest BCUT2D eigenvalue weighted by Gasteiger charge is -2.20. The van der Waals surface area contributed by atoms with Crippen LogP contribution >= 0.6 is 27.3 Å². The van der Waals surface area contributed by atoms with Crippen LogP contribution < -0.4 is 10.6 Å². The van der Waals surface area contributed by atoms with Gasteiger partial charge < -0.3 is 10.6 Å². The van der Waals surface area contributed by atoms with Gasteiger partial charge in [0.25, 0.3) is 5.91 Å². The van der Waals surface area contributed by atoms with Gasteiger partial charge in [-0.25, -0.2) is 0 Å². The van der Waals surface area contributed by atoms with Gasteiger partial charge >= 0.3 is 0 Å². The molecule has 2 amide bonds. The van der Waals surface area contributed by atoms with E-state index in [1.165, 1.54) is 55.7 Å². The number of benzene rings is 1.